The predicted octanol–water partition coefficient (Wildman–Crippen LogP) is 5.03. The number of hydrogen-bond donors (Lipinski definition) is 0. The fourth-order valence-electron chi connectivity index (χ4n) is 2.13. The Balaban J connectivity index is 2.08. The molecule has 1 nitrogen and oxygen atoms in total. The quantitative estimate of drug-likeness (QED) is 0.651. The molecule has 0 fully saturated rings. The number of ether oxygens (including phenoxy) is 1. The van der Waals surface area contributed by atoms with Crippen LogP contribution >= 0.6 is 11.3 Å². The Morgan fingerprint density at radius 2 is 2.06 bits per heavy atom. The molecule has 1 aromatic heterocycles. The number of fused-ring (bicyclic) bond motifs is 1. The highest BCUT2D eigenvalue weighted by Gasteiger charge is 2.04. The average molecular weight is 248 g/mol. The van der Waals surface area contributed by atoms with Crippen LogP contribution in [0.5, 0.6) is 5.75 Å². The third kappa shape index (κ3) is 3.01. The number of methoxy groups -OCH3 is 1. The molecule has 0 N–H and O–H groups in total. The zero-order valence-corrected chi connectivity index (χ0v) is 11.5. The first-order valence-electron chi connectivity index (χ1n) is 6.39. The number of hydrogen-bond acceptors (Lipinski definition) is 2. The molecule has 0 unspecified atom stereocenters. The van der Waals surface area contributed by atoms with Crippen molar-refractivity contribution in [2.75, 3.05) is 7.11 Å². The molecular formula is C15H20OS. The van der Waals surface area contributed by atoms with E-state index in [1.807, 2.05) is 11.3 Å². The van der Waals surface area contributed by atoms with Gasteiger partial charge in [0.15, 0.2) is 0 Å². The van der Waals surface area contributed by atoms with Crippen LogP contribution in [-0.4, -0.2) is 7.11 Å². The summed E-state index contributed by atoms with van der Waals surface area (Å²) in [6.07, 6.45) is 6.54. The molecule has 2 aromatic rings. The van der Waals surface area contributed by atoms with Crippen molar-refractivity contribution in [3.63, 3.8) is 0 Å². The minimum absolute atomic E-state index is 0.955. The van der Waals surface area contributed by atoms with Crippen LogP contribution in [0.4, 0.5) is 0 Å². The van der Waals surface area contributed by atoms with Crippen molar-refractivity contribution in [3.05, 3.63) is 29.1 Å². The van der Waals surface area contributed by atoms with E-state index in [1.54, 1.807) is 7.11 Å². The molecule has 2 rings (SSSR count). The molecule has 0 saturated carbocycles. The van der Waals surface area contributed by atoms with Crippen LogP contribution in [0.25, 0.3) is 10.1 Å². The molecule has 17 heavy (non-hydrogen) atoms. The van der Waals surface area contributed by atoms with Gasteiger partial charge in [-0.3, -0.25) is 0 Å². The summed E-state index contributed by atoms with van der Waals surface area (Å²) in [5.74, 6) is 0.955. The summed E-state index contributed by atoms with van der Waals surface area (Å²) in [6, 6.07) is 6.39. The first kappa shape index (κ1) is 12.4. The second-order valence-corrected chi connectivity index (χ2v) is 5.34. The van der Waals surface area contributed by atoms with Gasteiger partial charge in [0.2, 0.25) is 0 Å². The molecule has 2 heteroatoms. The van der Waals surface area contributed by atoms with Gasteiger partial charge in [-0.05, 0) is 47.4 Å². The van der Waals surface area contributed by atoms with Crippen molar-refractivity contribution in [1.82, 2.24) is 0 Å². The van der Waals surface area contributed by atoms with E-state index in [1.165, 1.54) is 47.8 Å². The fourth-order valence-corrected chi connectivity index (χ4v) is 3.15. The Kier molecular flexibility index (Phi) is 4.43. The van der Waals surface area contributed by atoms with Crippen molar-refractivity contribution in [2.24, 2.45) is 0 Å². The average Bonchev–Trinajstić information content (AvgIpc) is 2.77. The van der Waals surface area contributed by atoms with Gasteiger partial charge >= 0.3 is 0 Å². The lowest BCUT2D eigenvalue weighted by Crippen LogP contribution is -1.85. The van der Waals surface area contributed by atoms with E-state index in [0.29, 0.717) is 0 Å². The van der Waals surface area contributed by atoms with Crippen LogP contribution in [0.15, 0.2) is 23.6 Å². The second-order valence-electron chi connectivity index (χ2n) is 4.43. The van der Waals surface area contributed by atoms with E-state index in [4.69, 9.17) is 4.74 Å². The van der Waals surface area contributed by atoms with E-state index < -0.39 is 0 Å². The maximum absolute atomic E-state index is 5.25. The number of aryl methyl sites for hydroxylation is 1. The number of benzene rings is 1. The Morgan fingerprint density at radius 1 is 1.18 bits per heavy atom. The van der Waals surface area contributed by atoms with Crippen LogP contribution in [0.1, 0.15) is 38.2 Å². The van der Waals surface area contributed by atoms with E-state index in [0.717, 1.165) is 5.75 Å². The third-order valence-corrected chi connectivity index (χ3v) is 4.16. The molecule has 0 radical (unpaired) electrons. The Morgan fingerprint density at radius 3 is 2.82 bits per heavy atom. The maximum atomic E-state index is 5.25. The van der Waals surface area contributed by atoms with Crippen molar-refractivity contribution < 1.29 is 4.74 Å². The Bertz CT molecular complexity index is 473. The zero-order chi connectivity index (χ0) is 12.1. The van der Waals surface area contributed by atoms with Gasteiger partial charge in [-0.15, -0.1) is 11.3 Å². The Labute approximate surface area is 107 Å². The molecule has 0 aliphatic heterocycles. The summed E-state index contributed by atoms with van der Waals surface area (Å²) in [7, 11) is 1.72. The first-order valence-corrected chi connectivity index (χ1v) is 7.27. The van der Waals surface area contributed by atoms with Gasteiger partial charge in [0, 0.05) is 4.70 Å². The molecule has 0 saturated heterocycles. The van der Waals surface area contributed by atoms with Crippen LogP contribution in [0.2, 0.25) is 0 Å². The lowest BCUT2D eigenvalue weighted by atomic mass is 10.1. The van der Waals surface area contributed by atoms with Crippen molar-refractivity contribution >= 4 is 21.4 Å². The normalized spacial score (nSPS) is 10.9. The predicted molar refractivity (Wildman–Crippen MR) is 76.2 cm³/mol. The fraction of sp³-hybridized carbons (Fsp3) is 0.467. The number of rotatable bonds is 6. The van der Waals surface area contributed by atoms with E-state index in [2.05, 4.69) is 30.5 Å². The molecule has 1 heterocycles. The second kappa shape index (κ2) is 6.06. The van der Waals surface area contributed by atoms with Crippen molar-refractivity contribution in [3.8, 4) is 5.75 Å². The van der Waals surface area contributed by atoms with Gasteiger partial charge < -0.3 is 4.74 Å². The van der Waals surface area contributed by atoms with Crippen molar-refractivity contribution in [2.45, 2.75) is 39.0 Å². The summed E-state index contributed by atoms with van der Waals surface area (Å²) < 4.78 is 6.59. The number of thiophene rings is 1. The molecule has 1 aromatic carbocycles. The molecule has 0 aliphatic carbocycles. The van der Waals surface area contributed by atoms with Gasteiger partial charge in [0.1, 0.15) is 5.75 Å². The van der Waals surface area contributed by atoms with E-state index in [9.17, 15) is 0 Å². The van der Waals surface area contributed by atoms with E-state index >= 15 is 0 Å². The molecule has 0 aliphatic rings. The summed E-state index contributed by atoms with van der Waals surface area (Å²) >= 11 is 1.83. The van der Waals surface area contributed by atoms with Crippen molar-refractivity contribution in [1.29, 1.82) is 0 Å². The lowest BCUT2D eigenvalue weighted by Gasteiger charge is -2.01. The van der Waals surface area contributed by atoms with Crippen LogP contribution < -0.4 is 4.74 Å². The van der Waals surface area contributed by atoms with Crippen LogP contribution in [0, 0.1) is 0 Å². The van der Waals surface area contributed by atoms with Gasteiger partial charge in [-0.25, -0.2) is 0 Å². The molecule has 92 valence electrons. The summed E-state index contributed by atoms with van der Waals surface area (Å²) in [5, 5.41) is 3.71. The highest BCUT2D eigenvalue weighted by molar-refractivity contribution is 7.17. The largest absolute Gasteiger partial charge is 0.497 e. The molecular weight excluding hydrogens is 228 g/mol. The van der Waals surface area contributed by atoms with Gasteiger partial charge in [0.25, 0.3) is 0 Å². The van der Waals surface area contributed by atoms with Gasteiger partial charge in [0.05, 0.1) is 7.11 Å². The minimum atomic E-state index is 0.955. The highest BCUT2D eigenvalue weighted by Crippen LogP contribution is 2.30. The first-order chi connectivity index (χ1) is 8.35. The SMILES string of the molecule is CCCCCCc1csc2cc(OC)ccc12. The third-order valence-electron chi connectivity index (χ3n) is 3.16. The Hall–Kier alpha value is -1.02. The standard InChI is InChI=1S/C15H20OS/c1-3-4-5-6-7-12-11-17-15-10-13(16-2)8-9-14(12)15/h8-11H,3-7H2,1-2H3. The van der Waals surface area contributed by atoms with E-state index in [-0.39, 0.29) is 0 Å². The van der Waals surface area contributed by atoms with Crippen LogP contribution in [0.3, 0.4) is 0 Å². The maximum Gasteiger partial charge on any atom is 0.120 e. The zero-order valence-electron chi connectivity index (χ0n) is 10.7. The van der Waals surface area contributed by atoms with Gasteiger partial charge in [-0.2, -0.15) is 0 Å². The smallest absolute Gasteiger partial charge is 0.120 e. The summed E-state index contributed by atoms with van der Waals surface area (Å²) in [4.78, 5) is 0. The van der Waals surface area contributed by atoms with Crippen LogP contribution in [-0.2, 0) is 6.42 Å². The number of unbranched alkanes of at least 4 members (excludes halogenated alkanes) is 3. The highest BCUT2D eigenvalue weighted by atomic mass is 32.1. The lowest BCUT2D eigenvalue weighted by molar-refractivity contribution is 0.415. The summed E-state index contributed by atoms with van der Waals surface area (Å²) in [5.41, 5.74) is 1.50. The molecule has 0 atom stereocenters. The monoisotopic (exact) mass is 248 g/mol. The molecule has 0 bridgehead atoms. The minimum Gasteiger partial charge on any atom is -0.497 e. The molecule has 0 amide bonds. The van der Waals surface area contributed by atoms with Gasteiger partial charge in [-0.1, -0.05) is 26.2 Å². The summed E-state index contributed by atoms with van der Waals surface area (Å²) in [6.45, 7) is 2.26. The molecule has 0 spiro atoms. The topological polar surface area (TPSA) is 9.23 Å².